The summed E-state index contributed by atoms with van der Waals surface area (Å²) >= 11 is 0. The van der Waals surface area contributed by atoms with Crippen LogP contribution in [0.2, 0.25) is 0 Å². The third-order valence-electron chi connectivity index (χ3n) is 2.28. The van der Waals surface area contributed by atoms with E-state index in [0.717, 1.165) is 0 Å². The van der Waals surface area contributed by atoms with Gasteiger partial charge in [0.1, 0.15) is 0 Å². The summed E-state index contributed by atoms with van der Waals surface area (Å²) in [7, 11) is 3.06. The quantitative estimate of drug-likeness (QED) is 0.886. The lowest BCUT2D eigenvalue weighted by Crippen LogP contribution is -2.07. The largest absolute Gasteiger partial charge is 0.493 e. The van der Waals surface area contributed by atoms with Gasteiger partial charge in [0.15, 0.2) is 11.5 Å². The highest BCUT2D eigenvalue weighted by Gasteiger charge is 2.15. The first-order valence-corrected chi connectivity index (χ1v) is 4.55. The van der Waals surface area contributed by atoms with Gasteiger partial charge in [-0.05, 0) is 24.6 Å². The minimum absolute atomic E-state index is 0. The maximum Gasteiger partial charge on any atom is 0.310 e. The number of rotatable bonds is 4. The van der Waals surface area contributed by atoms with E-state index in [1.165, 1.54) is 14.2 Å². The van der Waals surface area contributed by atoms with Gasteiger partial charge >= 0.3 is 5.97 Å². The summed E-state index contributed by atoms with van der Waals surface area (Å²) < 4.78 is 10.1. The minimum Gasteiger partial charge on any atom is -0.493 e. The van der Waals surface area contributed by atoms with Crippen molar-refractivity contribution in [2.75, 3.05) is 14.2 Å². The normalized spacial score (nSPS) is 11.2. The Morgan fingerprint density at radius 2 is 1.81 bits per heavy atom. The Morgan fingerprint density at radius 1 is 1.25 bits per heavy atom. The summed E-state index contributed by atoms with van der Waals surface area (Å²) in [5.74, 6) is -0.269. The van der Waals surface area contributed by atoms with Crippen molar-refractivity contribution in [2.45, 2.75) is 12.8 Å². The Labute approximate surface area is 101 Å². The molecule has 1 N–H and O–H groups in total. The van der Waals surface area contributed by atoms with E-state index in [1.54, 1.807) is 25.1 Å². The molecule has 1 atom stereocenters. The number of hydrogen-bond donors (Lipinski definition) is 1. The second-order valence-electron chi connectivity index (χ2n) is 3.17. The molecule has 0 saturated heterocycles. The van der Waals surface area contributed by atoms with E-state index < -0.39 is 11.9 Å². The highest BCUT2D eigenvalue weighted by atomic mass is 35.5. The molecule has 0 amide bonds. The van der Waals surface area contributed by atoms with Gasteiger partial charge in [0.05, 0.1) is 20.1 Å². The van der Waals surface area contributed by atoms with Crippen molar-refractivity contribution < 1.29 is 19.4 Å². The van der Waals surface area contributed by atoms with E-state index in [0.29, 0.717) is 17.1 Å². The Hall–Kier alpha value is -1.42. The van der Waals surface area contributed by atoms with Gasteiger partial charge in [0.2, 0.25) is 0 Å². The van der Waals surface area contributed by atoms with Crippen LogP contribution in [-0.2, 0) is 4.79 Å². The van der Waals surface area contributed by atoms with E-state index in [-0.39, 0.29) is 12.4 Å². The molecule has 1 aromatic rings. The molecule has 0 aliphatic heterocycles. The summed E-state index contributed by atoms with van der Waals surface area (Å²) in [5.41, 5.74) is 0.695. The Morgan fingerprint density at radius 3 is 2.25 bits per heavy atom. The fourth-order valence-corrected chi connectivity index (χ4v) is 1.26. The number of benzene rings is 1. The van der Waals surface area contributed by atoms with Crippen LogP contribution in [0.5, 0.6) is 11.5 Å². The van der Waals surface area contributed by atoms with Gasteiger partial charge in [-0.15, -0.1) is 12.4 Å². The van der Waals surface area contributed by atoms with Gasteiger partial charge in [-0.1, -0.05) is 6.07 Å². The molecule has 1 unspecified atom stereocenters. The van der Waals surface area contributed by atoms with Gasteiger partial charge in [-0.2, -0.15) is 0 Å². The number of ether oxygens (including phenoxy) is 2. The minimum atomic E-state index is -0.859. The summed E-state index contributed by atoms with van der Waals surface area (Å²) in [6.07, 6.45) is 0. The number of carboxylic acid groups (broad SMARTS) is 1. The van der Waals surface area contributed by atoms with Crippen LogP contribution < -0.4 is 9.47 Å². The van der Waals surface area contributed by atoms with Gasteiger partial charge in [0.25, 0.3) is 0 Å². The first kappa shape index (κ1) is 14.6. The highest BCUT2D eigenvalue weighted by Crippen LogP contribution is 2.30. The molecule has 1 rings (SSSR count). The summed E-state index contributed by atoms with van der Waals surface area (Å²) in [6.45, 7) is 1.63. The van der Waals surface area contributed by atoms with Crippen LogP contribution in [-0.4, -0.2) is 25.3 Å². The van der Waals surface area contributed by atoms with E-state index in [4.69, 9.17) is 14.6 Å². The molecule has 0 aromatic heterocycles. The summed E-state index contributed by atoms with van der Waals surface area (Å²) in [6, 6.07) is 5.10. The molecule has 0 aliphatic carbocycles. The zero-order chi connectivity index (χ0) is 11.4. The summed E-state index contributed by atoms with van der Waals surface area (Å²) in [4.78, 5) is 10.8. The van der Waals surface area contributed by atoms with Crippen molar-refractivity contribution in [1.29, 1.82) is 0 Å². The van der Waals surface area contributed by atoms with Crippen LogP contribution in [0.15, 0.2) is 18.2 Å². The molecule has 90 valence electrons. The Bertz CT molecular complexity index is 365. The molecule has 0 spiro atoms. The van der Waals surface area contributed by atoms with Gasteiger partial charge in [0, 0.05) is 0 Å². The molecule has 0 saturated carbocycles. The second kappa shape index (κ2) is 6.23. The number of hydrogen-bond acceptors (Lipinski definition) is 3. The zero-order valence-electron chi connectivity index (χ0n) is 9.39. The molecule has 4 nitrogen and oxygen atoms in total. The average Bonchev–Trinajstić information content (AvgIpc) is 2.26. The first-order chi connectivity index (χ1) is 7.10. The van der Waals surface area contributed by atoms with Crippen molar-refractivity contribution in [2.24, 2.45) is 0 Å². The fraction of sp³-hybridized carbons (Fsp3) is 0.364. The molecular formula is C11H15ClO4. The fourth-order valence-electron chi connectivity index (χ4n) is 1.26. The SMILES string of the molecule is COc1ccc(C(C)C(=O)O)cc1OC.Cl. The van der Waals surface area contributed by atoms with Crippen molar-refractivity contribution >= 4 is 18.4 Å². The molecule has 16 heavy (non-hydrogen) atoms. The third kappa shape index (κ3) is 3.03. The summed E-state index contributed by atoms with van der Waals surface area (Å²) in [5, 5.41) is 8.85. The van der Waals surface area contributed by atoms with Crippen LogP contribution >= 0.6 is 12.4 Å². The highest BCUT2D eigenvalue weighted by molar-refractivity contribution is 5.85. The Kier molecular flexibility index (Phi) is 5.67. The van der Waals surface area contributed by atoms with E-state index in [9.17, 15) is 4.79 Å². The van der Waals surface area contributed by atoms with E-state index >= 15 is 0 Å². The second-order valence-corrected chi connectivity index (χ2v) is 3.17. The first-order valence-electron chi connectivity index (χ1n) is 4.55. The van der Waals surface area contributed by atoms with Gasteiger partial charge in [-0.25, -0.2) is 0 Å². The van der Waals surface area contributed by atoms with Crippen LogP contribution in [0, 0.1) is 0 Å². The Balaban J connectivity index is 0.00000225. The molecule has 1 aromatic carbocycles. The van der Waals surface area contributed by atoms with E-state index in [1.807, 2.05) is 0 Å². The van der Waals surface area contributed by atoms with Crippen molar-refractivity contribution in [3.05, 3.63) is 23.8 Å². The maximum absolute atomic E-state index is 10.8. The number of aliphatic carboxylic acids is 1. The molecule has 0 aliphatic rings. The van der Waals surface area contributed by atoms with E-state index in [2.05, 4.69) is 0 Å². The molecule has 0 heterocycles. The number of carboxylic acids is 1. The molecule has 0 bridgehead atoms. The van der Waals surface area contributed by atoms with Crippen molar-refractivity contribution in [1.82, 2.24) is 0 Å². The number of carbonyl (C=O) groups is 1. The lowest BCUT2D eigenvalue weighted by atomic mass is 10.0. The topological polar surface area (TPSA) is 55.8 Å². The van der Waals surface area contributed by atoms with Gasteiger partial charge < -0.3 is 14.6 Å². The smallest absolute Gasteiger partial charge is 0.310 e. The van der Waals surface area contributed by atoms with Gasteiger partial charge in [-0.3, -0.25) is 4.79 Å². The van der Waals surface area contributed by atoms with Crippen LogP contribution in [0.25, 0.3) is 0 Å². The molecule has 0 fully saturated rings. The standard InChI is InChI=1S/C11H14O4.ClH/c1-7(11(12)13)8-4-5-9(14-2)10(6-8)15-3;/h4-7H,1-3H3,(H,12,13);1H. The third-order valence-corrected chi connectivity index (χ3v) is 2.28. The average molecular weight is 247 g/mol. The van der Waals surface area contributed by atoms with Crippen molar-refractivity contribution in [3.63, 3.8) is 0 Å². The monoisotopic (exact) mass is 246 g/mol. The lowest BCUT2D eigenvalue weighted by molar-refractivity contribution is -0.138. The maximum atomic E-state index is 10.8. The zero-order valence-corrected chi connectivity index (χ0v) is 10.2. The van der Waals surface area contributed by atoms with Crippen LogP contribution in [0.1, 0.15) is 18.4 Å². The van der Waals surface area contributed by atoms with Crippen molar-refractivity contribution in [3.8, 4) is 11.5 Å². The number of methoxy groups -OCH3 is 2. The van der Waals surface area contributed by atoms with Crippen LogP contribution in [0.4, 0.5) is 0 Å². The predicted molar refractivity (Wildman–Crippen MR) is 62.8 cm³/mol. The molecular weight excluding hydrogens is 232 g/mol. The lowest BCUT2D eigenvalue weighted by Gasteiger charge is -2.11. The molecule has 5 heteroatoms. The molecule has 0 radical (unpaired) electrons. The number of halogens is 1. The predicted octanol–water partition coefficient (Wildman–Crippen LogP) is 2.31. The van der Waals surface area contributed by atoms with Crippen LogP contribution in [0.3, 0.4) is 0 Å².